The minimum absolute atomic E-state index is 0.153. The molecular weight excluding hydrogens is 362 g/mol. The first kappa shape index (κ1) is 17.6. The molecule has 138 valence electrons. The Balaban J connectivity index is 1.47. The van der Waals surface area contributed by atoms with E-state index < -0.39 is 0 Å². The minimum Gasteiger partial charge on any atom is -0.334 e. The molecular formula is C19H19N5O2S. The van der Waals surface area contributed by atoms with Crippen LogP contribution in [0.2, 0.25) is 0 Å². The highest BCUT2D eigenvalue weighted by Crippen LogP contribution is 2.27. The van der Waals surface area contributed by atoms with E-state index in [1.807, 2.05) is 18.2 Å². The van der Waals surface area contributed by atoms with Crippen LogP contribution in [0.4, 0.5) is 0 Å². The second kappa shape index (κ2) is 7.43. The molecule has 3 N–H and O–H groups in total. The molecule has 0 saturated carbocycles. The van der Waals surface area contributed by atoms with E-state index in [9.17, 15) is 9.59 Å². The number of aromatic nitrogens is 2. The van der Waals surface area contributed by atoms with Crippen LogP contribution in [0.3, 0.4) is 0 Å². The monoisotopic (exact) mass is 381 g/mol. The number of hydrogen-bond donors (Lipinski definition) is 3. The Labute approximate surface area is 160 Å². The van der Waals surface area contributed by atoms with Crippen LogP contribution in [-0.2, 0) is 0 Å². The topological polar surface area (TPSA) is 88.0 Å². The number of thiophene rings is 1. The lowest BCUT2D eigenvalue weighted by Gasteiger charge is -2.12. The first-order valence-electron chi connectivity index (χ1n) is 8.64. The number of carbonyl (C=O) groups excluding carboxylic acids is 1. The van der Waals surface area contributed by atoms with E-state index >= 15 is 0 Å². The highest BCUT2D eigenvalue weighted by molar-refractivity contribution is 7.12. The number of amides is 1. The first-order chi connectivity index (χ1) is 13.1. The van der Waals surface area contributed by atoms with E-state index in [0.717, 1.165) is 6.42 Å². The zero-order valence-electron chi connectivity index (χ0n) is 14.7. The first-order valence-corrected chi connectivity index (χ1v) is 9.46. The molecule has 0 radical (unpaired) electrons. The van der Waals surface area contributed by atoms with Crippen molar-refractivity contribution in [1.82, 2.24) is 25.9 Å². The van der Waals surface area contributed by atoms with Crippen LogP contribution >= 0.6 is 11.3 Å². The van der Waals surface area contributed by atoms with Gasteiger partial charge in [-0.1, -0.05) is 18.2 Å². The molecule has 1 aromatic carbocycles. The van der Waals surface area contributed by atoms with Gasteiger partial charge in [-0.2, -0.15) is 9.78 Å². The van der Waals surface area contributed by atoms with Crippen molar-refractivity contribution in [2.45, 2.75) is 25.6 Å². The molecule has 2 atom stereocenters. The van der Waals surface area contributed by atoms with E-state index in [1.165, 1.54) is 26.6 Å². The molecule has 27 heavy (non-hydrogen) atoms. The van der Waals surface area contributed by atoms with Crippen molar-refractivity contribution < 1.29 is 4.79 Å². The van der Waals surface area contributed by atoms with Gasteiger partial charge in [-0.3, -0.25) is 9.59 Å². The Morgan fingerprint density at radius 1 is 1.15 bits per heavy atom. The molecule has 0 spiro atoms. The third-order valence-electron chi connectivity index (χ3n) is 4.35. The smallest absolute Gasteiger partial charge is 0.272 e. The van der Waals surface area contributed by atoms with Gasteiger partial charge in [0.05, 0.1) is 17.9 Å². The fourth-order valence-electron chi connectivity index (χ4n) is 3.00. The lowest BCUT2D eigenvalue weighted by Crippen LogP contribution is -2.44. The van der Waals surface area contributed by atoms with E-state index in [1.54, 1.807) is 23.5 Å². The average molecular weight is 381 g/mol. The Morgan fingerprint density at radius 3 is 2.70 bits per heavy atom. The number of hydrazine groups is 1. The molecule has 8 heteroatoms. The largest absolute Gasteiger partial charge is 0.334 e. The molecule has 1 aliphatic rings. The molecule has 3 aromatic rings. The normalized spacial score (nSPS) is 19.1. The van der Waals surface area contributed by atoms with Gasteiger partial charge < -0.3 is 5.32 Å². The maximum atomic E-state index is 12.6. The van der Waals surface area contributed by atoms with Crippen molar-refractivity contribution in [2.75, 3.05) is 0 Å². The summed E-state index contributed by atoms with van der Waals surface area (Å²) in [4.78, 5) is 27.2. The predicted octanol–water partition coefficient (Wildman–Crippen LogP) is 1.90. The highest BCUT2D eigenvalue weighted by Gasteiger charge is 2.27. The molecule has 2 aromatic heterocycles. The molecule has 3 heterocycles. The zero-order chi connectivity index (χ0) is 18.8. The third-order valence-corrected chi connectivity index (χ3v) is 5.46. The summed E-state index contributed by atoms with van der Waals surface area (Å²) >= 11 is 1.74. The van der Waals surface area contributed by atoms with Gasteiger partial charge in [0.1, 0.15) is 5.69 Å². The van der Waals surface area contributed by atoms with E-state index in [0.29, 0.717) is 5.69 Å². The van der Waals surface area contributed by atoms with Crippen LogP contribution in [0.1, 0.15) is 32.7 Å². The van der Waals surface area contributed by atoms with Crippen molar-refractivity contribution in [2.24, 2.45) is 0 Å². The van der Waals surface area contributed by atoms with Crippen LogP contribution in [0.15, 0.2) is 59.4 Å². The average Bonchev–Trinajstić information content (AvgIpc) is 3.31. The van der Waals surface area contributed by atoms with Gasteiger partial charge >= 0.3 is 0 Å². The van der Waals surface area contributed by atoms with Gasteiger partial charge in [0.15, 0.2) is 0 Å². The summed E-state index contributed by atoms with van der Waals surface area (Å²) in [6.07, 6.45) is 0.508. The number of hydrogen-bond acceptors (Lipinski definition) is 6. The standard InChI is InChI=1S/C19H19N5O2S/c1-12-7-9-16(27-12)15-11-17(22-21-15)20-19(26)14-8-10-18(25)24(23-14)13-5-3-2-4-6-13/h2-10,15,17,21-22H,11H2,1H3,(H,20,26). The van der Waals surface area contributed by atoms with Gasteiger partial charge in [0.25, 0.3) is 11.5 Å². The Hall–Kier alpha value is -2.81. The van der Waals surface area contributed by atoms with Crippen LogP contribution in [0, 0.1) is 6.92 Å². The molecule has 1 aliphatic heterocycles. The molecule has 2 unspecified atom stereocenters. The lowest BCUT2D eigenvalue weighted by molar-refractivity contribution is 0.0925. The van der Waals surface area contributed by atoms with E-state index in [4.69, 9.17) is 0 Å². The summed E-state index contributed by atoms with van der Waals surface area (Å²) < 4.78 is 1.23. The Morgan fingerprint density at radius 2 is 1.96 bits per heavy atom. The lowest BCUT2D eigenvalue weighted by atomic mass is 10.1. The summed E-state index contributed by atoms with van der Waals surface area (Å²) in [5.74, 6) is -0.331. The van der Waals surface area contributed by atoms with Gasteiger partial charge in [0, 0.05) is 22.2 Å². The van der Waals surface area contributed by atoms with Gasteiger partial charge in [-0.15, -0.1) is 11.3 Å². The Bertz CT molecular complexity index is 1010. The van der Waals surface area contributed by atoms with E-state index in [2.05, 4.69) is 40.3 Å². The second-order valence-corrected chi connectivity index (χ2v) is 7.68. The van der Waals surface area contributed by atoms with E-state index in [-0.39, 0.29) is 29.4 Å². The second-order valence-electron chi connectivity index (χ2n) is 6.36. The summed E-state index contributed by atoms with van der Waals surface area (Å²) in [6.45, 7) is 2.07. The molecule has 0 aliphatic carbocycles. The molecule has 7 nitrogen and oxygen atoms in total. The van der Waals surface area contributed by atoms with Gasteiger partial charge in [-0.05, 0) is 37.3 Å². The Kier molecular flexibility index (Phi) is 4.85. The number of para-hydroxylation sites is 1. The summed E-state index contributed by atoms with van der Waals surface area (Å²) in [5, 5.41) is 7.13. The van der Waals surface area contributed by atoms with Crippen LogP contribution in [-0.4, -0.2) is 21.9 Å². The van der Waals surface area contributed by atoms with Crippen molar-refractivity contribution in [3.8, 4) is 5.69 Å². The number of nitrogens with zero attached hydrogens (tertiary/aromatic N) is 2. The minimum atomic E-state index is -0.331. The summed E-state index contributed by atoms with van der Waals surface area (Å²) in [7, 11) is 0. The van der Waals surface area contributed by atoms with Crippen molar-refractivity contribution in [3.05, 3.63) is 80.4 Å². The van der Waals surface area contributed by atoms with Crippen molar-refractivity contribution in [1.29, 1.82) is 0 Å². The maximum absolute atomic E-state index is 12.6. The van der Waals surface area contributed by atoms with Crippen LogP contribution < -0.4 is 21.7 Å². The van der Waals surface area contributed by atoms with Crippen LogP contribution in [0.5, 0.6) is 0 Å². The molecule has 1 amide bonds. The zero-order valence-corrected chi connectivity index (χ0v) is 15.5. The van der Waals surface area contributed by atoms with Gasteiger partial charge in [-0.25, -0.2) is 10.9 Å². The molecule has 1 fully saturated rings. The fourth-order valence-corrected chi connectivity index (χ4v) is 3.94. The number of rotatable bonds is 4. The third kappa shape index (κ3) is 3.82. The van der Waals surface area contributed by atoms with Crippen molar-refractivity contribution >= 4 is 17.2 Å². The maximum Gasteiger partial charge on any atom is 0.272 e. The quantitative estimate of drug-likeness (QED) is 0.642. The number of aryl methyl sites for hydroxylation is 1. The number of nitrogens with one attached hydrogen (secondary N) is 3. The fraction of sp³-hybridized carbons (Fsp3) is 0.211. The van der Waals surface area contributed by atoms with Crippen LogP contribution in [0.25, 0.3) is 5.69 Å². The SMILES string of the molecule is Cc1ccc(C2CC(NC(=O)c3ccc(=O)n(-c4ccccc4)n3)NN2)s1. The highest BCUT2D eigenvalue weighted by atomic mass is 32.1. The predicted molar refractivity (Wildman–Crippen MR) is 104 cm³/mol. The molecule has 1 saturated heterocycles. The molecule has 4 rings (SSSR count). The molecule has 0 bridgehead atoms. The van der Waals surface area contributed by atoms with Crippen molar-refractivity contribution in [3.63, 3.8) is 0 Å². The summed E-state index contributed by atoms with van der Waals surface area (Å²) in [5.41, 5.74) is 6.83. The number of carbonyl (C=O) groups is 1. The number of benzene rings is 1. The summed E-state index contributed by atoms with van der Waals surface area (Å²) in [6, 6.07) is 16.2. The van der Waals surface area contributed by atoms with Gasteiger partial charge in [0.2, 0.25) is 0 Å².